The van der Waals surface area contributed by atoms with Gasteiger partial charge in [0.25, 0.3) is 0 Å². The normalized spacial score (nSPS) is 17.3. The molecule has 2 saturated heterocycles. The third-order valence-corrected chi connectivity index (χ3v) is 7.27. The van der Waals surface area contributed by atoms with Crippen molar-refractivity contribution in [3.63, 3.8) is 0 Å². The third kappa shape index (κ3) is 4.96. The van der Waals surface area contributed by atoms with E-state index in [-0.39, 0.29) is 17.7 Å². The quantitative estimate of drug-likeness (QED) is 0.395. The van der Waals surface area contributed by atoms with Gasteiger partial charge in [-0.25, -0.2) is 29.3 Å². The number of pyridine rings is 2. The fourth-order valence-corrected chi connectivity index (χ4v) is 5.19. The second-order valence-corrected chi connectivity index (χ2v) is 10.3. The lowest BCUT2D eigenvalue weighted by atomic mass is 10.1. The minimum atomic E-state index is -0.516. The zero-order chi connectivity index (χ0) is 26.2. The van der Waals surface area contributed by atoms with Crippen molar-refractivity contribution in [2.75, 3.05) is 44.7 Å². The Balaban J connectivity index is 1.14. The molecular formula is C27H32FN9O. The molecule has 38 heavy (non-hydrogen) atoms. The van der Waals surface area contributed by atoms with Crippen LogP contribution in [0.2, 0.25) is 0 Å². The van der Waals surface area contributed by atoms with Crippen molar-refractivity contribution in [1.82, 2.24) is 39.3 Å². The highest BCUT2D eigenvalue weighted by Crippen LogP contribution is 2.27. The van der Waals surface area contributed by atoms with Gasteiger partial charge in [0, 0.05) is 56.7 Å². The van der Waals surface area contributed by atoms with Gasteiger partial charge >= 0.3 is 0 Å². The maximum atomic E-state index is 14.8. The van der Waals surface area contributed by atoms with Gasteiger partial charge in [-0.3, -0.25) is 9.80 Å². The van der Waals surface area contributed by atoms with E-state index in [1.54, 1.807) is 6.20 Å². The lowest BCUT2D eigenvalue weighted by Crippen LogP contribution is -2.56. The van der Waals surface area contributed by atoms with Gasteiger partial charge in [-0.2, -0.15) is 0 Å². The summed E-state index contributed by atoms with van der Waals surface area (Å²) >= 11 is 0. The Morgan fingerprint density at radius 2 is 1.84 bits per heavy atom. The Hall–Kier alpha value is -3.54. The number of aromatic nitrogens is 6. The Morgan fingerprint density at radius 1 is 1.03 bits per heavy atom. The SMILES string of the molecule is Cc1nc2ncc(-c3nc(Nc4ccc(CN5CCN(C6COC6)CC5)cn4)ncc3F)cc2n1C(C)C. The first-order valence-corrected chi connectivity index (χ1v) is 13.1. The average molecular weight is 518 g/mol. The molecule has 11 heteroatoms. The summed E-state index contributed by atoms with van der Waals surface area (Å²) in [7, 11) is 0. The molecule has 0 amide bonds. The fraction of sp³-hybridized carbons (Fsp3) is 0.444. The second kappa shape index (κ2) is 10.3. The van der Waals surface area contributed by atoms with Gasteiger partial charge in [-0.05, 0) is 38.5 Å². The van der Waals surface area contributed by atoms with Crippen LogP contribution in [0.25, 0.3) is 22.4 Å². The predicted molar refractivity (Wildman–Crippen MR) is 143 cm³/mol. The molecule has 10 nitrogen and oxygen atoms in total. The molecule has 6 rings (SSSR count). The molecule has 2 aliphatic heterocycles. The third-order valence-electron chi connectivity index (χ3n) is 7.27. The summed E-state index contributed by atoms with van der Waals surface area (Å²) in [5.41, 5.74) is 3.36. The first-order chi connectivity index (χ1) is 18.4. The molecule has 0 spiro atoms. The Kier molecular flexibility index (Phi) is 6.73. The highest BCUT2D eigenvalue weighted by molar-refractivity contribution is 5.78. The summed E-state index contributed by atoms with van der Waals surface area (Å²) in [4.78, 5) is 27.1. The molecule has 4 aromatic heterocycles. The number of hydrogen-bond donors (Lipinski definition) is 1. The van der Waals surface area contributed by atoms with E-state index in [1.807, 2.05) is 25.3 Å². The summed E-state index contributed by atoms with van der Waals surface area (Å²) < 4.78 is 22.2. The minimum absolute atomic E-state index is 0.176. The van der Waals surface area contributed by atoms with Gasteiger partial charge in [0.1, 0.15) is 17.3 Å². The smallest absolute Gasteiger partial charge is 0.229 e. The Bertz CT molecular complexity index is 1430. The fourth-order valence-electron chi connectivity index (χ4n) is 5.19. The number of piperazine rings is 1. The summed E-state index contributed by atoms with van der Waals surface area (Å²) in [6, 6.07) is 6.64. The number of nitrogens with zero attached hydrogens (tertiary/aromatic N) is 8. The average Bonchev–Trinajstić information content (AvgIpc) is 3.21. The molecule has 1 N–H and O–H groups in total. The molecule has 2 aliphatic rings. The first-order valence-electron chi connectivity index (χ1n) is 13.1. The number of halogens is 1. The summed E-state index contributed by atoms with van der Waals surface area (Å²) in [5.74, 6) is 1.22. The molecule has 6 heterocycles. The van der Waals surface area contributed by atoms with Crippen LogP contribution in [0.15, 0.2) is 36.8 Å². The van der Waals surface area contributed by atoms with Crippen molar-refractivity contribution < 1.29 is 9.13 Å². The minimum Gasteiger partial charge on any atom is -0.378 e. The van der Waals surface area contributed by atoms with Gasteiger partial charge in [0.15, 0.2) is 11.5 Å². The van der Waals surface area contributed by atoms with Crippen LogP contribution in [0.4, 0.5) is 16.2 Å². The predicted octanol–water partition coefficient (Wildman–Crippen LogP) is 3.57. The number of hydrogen-bond acceptors (Lipinski definition) is 9. The van der Waals surface area contributed by atoms with Crippen LogP contribution in [0.3, 0.4) is 0 Å². The monoisotopic (exact) mass is 517 g/mol. The lowest BCUT2D eigenvalue weighted by molar-refractivity contribution is -0.0774. The first kappa shape index (κ1) is 24.8. The number of ether oxygens (including phenoxy) is 1. The molecule has 0 saturated carbocycles. The van der Waals surface area contributed by atoms with Crippen LogP contribution in [0.1, 0.15) is 31.3 Å². The second-order valence-electron chi connectivity index (χ2n) is 10.3. The zero-order valence-corrected chi connectivity index (χ0v) is 21.9. The molecule has 0 aromatic carbocycles. The van der Waals surface area contributed by atoms with Crippen molar-refractivity contribution in [3.05, 3.63) is 54.0 Å². The van der Waals surface area contributed by atoms with Crippen LogP contribution in [-0.2, 0) is 11.3 Å². The largest absolute Gasteiger partial charge is 0.378 e. The van der Waals surface area contributed by atoms with Crippen molar-refractivity contribution in [3.8, 4) is 11.3 Å². The molecule has 0 aliphatic carbocycles. The van der Waals surface area contributed by atoms with Crippen LogP contribution in [0, 0.1) is 12.7 Å². The van der Waals surface area contributed by atoms with Gasteiger partial charge in [-0.1, -0.05) is 6.07 Å². The van der Waals surface area contributed by atoms with E-state index < -0.39 is 5.82 Å². The lowest BCUT2D eigenvalue weighted by Gasteiger charge is -2.42. The highest BCUT2D eigenvalue weighted by Gasteiger charge is 2.28. The molecular weight excluding hydrogens is 485 g/mol. The number of fused-ring (bicyclic) bond motifs is 1. The van der Waals surface area contributed by atoms with Gasteiger partial charge in [-0.15, -0.1) is 0 Å². The Labute approximate surface area is 220 Å². The summed E-state index contributed by atoms with van der Waals surface area (Å²) in [6.45, 7) is 12.9. The van der Waals surface area contributed by atoms with Crippen molar-refractivity contribution in [2.45, 2.75) is 39.4 Å². The maximum absolute atomic E-state index is 14.8. The number of imidazole rings is 1. The summed E-state index contributed by atoms with van der Waals surface area (Å²) in [5, 5.41) is 3.10. The molecule has 0 radical (unpaired) electrons. The van der Waals surface area contributed by atoms with Gasteiger partial charge in [0.05, 0.1) is 31.0 Å². The van der Waals surface area contributed by atoms with Gasteiger partial charge in [0.2, 0.25) is 5.95 Å². The standard InChI is InChI=1S/C27H32FN9O/c1-17(2)37-18(3)32-26-23(37)10-20(12-30-26)25-22(28)13-31-27(34-25)33-24-5-4-19(11-29-24)14-35-6-8-36(9-7-35)21-15-38-16-21/h4-5,10-13,17,21H,6-9,14-16H2,1-3H3,(H,29,31,33,34). The maximum Gasteiger partial charge on any atom is 0.229 e. The number of rotatable bonds is 7. The topological polar surface area (TPSA) is 97.1 Å². The van der Waals surface area contributed by atoms with Crippen molar-refractivity contribution in [1.29, 1.82) is 0 Å². The van der Waals surface area contributed by atoms with Crippen LogP contribution in [0.5, 0.6) is 0 Å². The molecule has 2 fully saturated rings. The van der Waals surface area contributed by atoms with E-state index in [0.717, 1.165) is 62.8 Å². The Morgan fingerprint density at radius 3 is 2.53 bits per heavy atom. The molecule has 198 valence electrons. The van der Waals surface area contributed by atoms with Crippen LogP contribution in [-0.4, -0.2) is 84.7 Å². The van der Waals surface area contributed by atoms with E-state index >= 15 is 0 Å². The number of nitrogens with one attached hydrogen (secondary N) is 1. The molecule has 0 atom stereocenters. The van der Waals surface area contributed by atoms with E-state index in [0.29, 0.717) is 23.1 Å². The van der Waals surface area contributed by atoms with Crippen molar-refractivity contribution in [2.24, 2.45) is 0 Å². The van der Waals surface area contributed by atoms with Gasteiger partial charge < -0.3 is 14.6 Å². The molecule has 4 aromatic rings. The van der Waals surface area contributed by atoms with E-state index in [1.165, 1.54) is 6.20 Å². The number of aryl methyl sites for hydroxylation is 1. The molecule has 0 unspecified atom stereocenters. The van der Waals surface area contributed by atoms with E-state index in [9.17, 15) is 4.39 Å². The van der Waals surface area contributed by atoms with E-state index in [4.69, 9.17) is 4.74 Å². The van der Waals surface area contributed by atoms with E-state index in [2.05, 4.69) is 64.5 Å². The molecule has 0 bridgehead atoms. The van der Waals surface area contributed by atoms with Crippen LogP contribution < -0.4 is 5.32 Å². The van der Waals surface area contributed by atoms with Crippen molar-refractivity contribution >= 4 is 22.9 Å². The highest BCUT2D eigenvalue weighted by atomic mass is 19.1. The number of anilines is 2. The summed E-state index contributed by atoms with van der Waals surface area (Å²) in [6.07, 6.45) is 4.64. The van der Waals surface area contributed by atoms with Crippen LogP contribution >= 0.6 is 0 Å². The zero-order valence-electron chi connectivity index (χ0n) is 21.9.